The van der Waals surface area contributed by atoms with Crippen molar-refractivity contribution in [3.8, 4) is 5.75 Å². The number of hydrogen-bond acceptors (Lipinski definition) is 2. The fourth-order valence-electron chi connectivity index (χ4n) is 2.68. The minimum absolute atomic E-state index is 0.0312. The molecule has 2 aromatic carbocycles. The fraction of sp³-hybridized carbons (Fsp3) is 0.250. The molecule has 0 saturated carbocycles. The lowest BCUT2D eigenvalue weighted by atomic mass is 9.96. The van der Waals surface area contributed by atoms with Crippen LogP contribution in [0, 0.1) is 0 Å². The number of para-hydroxylation sites is 1. The van der Waals surface area contributed by atoms with E-state index in [1.54, 1.807) is 0 Å². The molecule has 0 aromatic heterocycles. The maximum absolute atomic E-state index is 6.39. The van der Waals surface area contributed by atoms with Gasteiger partial charge in [0.2, 0.25) is 0 Å². The van der Waals surface area contributed by atoms with E-state index < -0.39 is 0 Å². The van der Waals surface area contributed by atoms with Crippen LogP contribution in [0.3, 0.4) is 0 Å². The Morgan fingerprint density at radius 2 is 2.10 bits per heavy atom. The molecule has 0 amide bonds. The van der Waals surface area contributed by atoms with E-state index in [4.69, 9.17) is 16.3 Å². The second-order valence-corrected chi connectivity index (χ2v) is 6.14. The van der Waals surface area contributed by atoms with Crippen molar-refractivity contribution in [3.63, 3.8) is 0 Å². The van der Waals surface area contributed by atoms with Crippen molar-refractivity contribution in [3.05, 3.63) is 62.6 Å². The van der Waals surface area contributed by atoms with Crippen LogP contribution < -0.4 is 10.1 Å². The van der Waals surface area contributed by atoms with E-state index in [1.807, 2.05) is 25.2 Å². The normalized spacial score (nSPS) is 14.8. The number of halogens is 2. The van der Waals surface area contributed by atoms with E-state index in [0.29, 0.717) is 0 Å². The van der Waals surface area contributed by atoms with Gasteiger partial charge in [-0.1, -0.05) is 51.8 Å². The Kier molecular flexibility index (Phi) is 4.01. The lowest BCUT2D eigenvalue weighted by Crippen LogP contribution is -2.18. The van der Waals surface area contributed by atoms with Crippen molar-refractivity contribution in [2.75, 3.05) is 13.7 Å². The van der Waals surface area contributed by atoms with E-state index in [9.17, 15) is 0 Å². The largest absolute Gasteiger partial charge is 0.493 e. The number of benzene rings is 2. The van der Waals surface area contributed by atoms with Crippen LogP contribution in [0.5, 0.6) is 5.75 Å². The van der Waals surface area contributed by atoms with Crippen molar-refractivity contribution >= 4 is 27.5 Å². The van der Waals surface area contributed by atoms with Crippen LogP contribution in [0.2, 0.25) is 5.02 Å². The van der Waals surface area contributed by atoms with Gasteiger partial charge in [0.05, 0.1) is 12.6 Å². The molecule has 0 bridgehead atoms. The molecule has 104 valence electrons. The summed E-state index contributed by atoms with van der Waals surface area (Å²) in [7, 11) is 1.94. The van der Waals surface area contributed by atoms with Crippen LogP contribution >= 0.6 is 27.5 Å². The molecule has 3 rings (SSSR count). The van der Waals surface area contributed by atoms with Crippen molar-refractivity contribution in [1.29, 1.82) is 0 Å². The molecule has 1 atom stereocenters. The molecule has 0 fully saturated rings. The Hall–Kier alpha value is -1.03. The fourth-order valence-corrected chi connectivity index (χ4v) is 3.46. The number of rotatable bonds is 3. The average Bonchev–Trinajstić information content (AvgIpc) is 2.91. The first-order valence-corrected chi connectivity index (χ1v) is 7.74. The van der Waals surface area contributed by atoms with Crippen molar-refractivity contribution in [2.24, 2.45) is 0 Å². The highest BCUT2D eigenvalue weighted by Crippen LogP contribution is 2.38. The van der Waals surface area contributed by atoms with Gasteiger partial charge in [-0.05, 0) is 30.3 Å². The van der Waals surface area contributed by atoms with Crippen LogP contribution in [0.4, 0.5) is 0 Å². The van der Waals surface area contributed by atoms with Crippen molar-refractivity contribution < 1.29 is 4.74 Å². The summed E-state index contributed by atoms with van der Waals surface area (Å²) in [6, 6.07) is 12.3. The zero-order chi connectivity index (χ0) is 14.1. The first-order valence-electron chi connectivity index (χ1n) is 6.57. The highest BCUT2D eigenvalue weighted by molar-refractivity contribution is 9.10. The van der Waals surface area contributed by atoms with Gasteiger partial charge in [-0.15, -0.1) is 0 Å². The highest BCUT2D eigenvalue weighted by Gasteiger charge is 2.23. The summed E-state index contributed by atoms with van der Waals surface area (Å²) in [5.74, 6) is 1.01. The van der Waals surface area contributed by atoms with Crippen LogP contribution in [-0.2, 0) is 6.42 Å². The Morgan fingerprint density at radius 3 is 2.85 bits per heavy atom. The Morgan fingerprint density at radius 1 is 1.25 bits per heavy atom. The SMILES string of the molecule is CNC(c1ccc(Br)cc1Cl)c1cccc2c1OCC2. The summed E-state index contributed by atoms with van der Waals surface area (Å²) in [6.07, 6.45) is 0.980. The van der Waals surface area contributed by atoms with Gasteiger partial charge in [0.25, 0.3) is 0 Å². The molecule has 0 saturated heterocycles. The molecule has 1 unspecified atom stereocenters. The standard InChI is InChI=1S/C16H15BrClNO/c1-19-15(12-6-5-11(17)9-14(12)18)13-4-2-3-10-7-8-20-16(10)13/h2-6,9,15,19H,7-8H2,1H3. The zero-order valence-corrected chi connectivity index (χ0v) is 13.5. The minimum atomic E-state index is 0.0312. The molecule has 2 nitrogen and oxygen atoms in total. The van der Waals surface area contributed by atoms with Gasteiger partial charge in [0.15, 0.2) is 0 Å². The molecule has 4 heteroatoms. The molecule has 0 aliphatic carbocycles. The number of fused-ring (bicyclic) bond motifs is 1. The molecular weight excluding hydrogens is 338 g/mol. The van der Waals surface area contributed by atoms with Gasteiger partial charge in [-0.3, -0.25) is 0 Å². The van der Waals surface area contributed by atoms with Crippen LogP contribution in [0.25, 0.3) is 0 Å². The third-order valence-corrected chi connectivity index (χ3v) is 4.44. The van der Waals surface area contributed by atoms with Crippen molar-refractivity contribution in [2.45, 2.75) is 12.5 Å². The van der Waals surface area contributed by atoms with Gasteiger partial charge in [0.1, 0.15) is 5.75 Å². The molecule has 2 aromatic rings. The monoisotopic (exact) mass is 351 g/mol. The Balaban J connectivity index is 2.09. The van der Waals surface area contributed by atoms with E-state index in [2.05, 4.69) is 39.4 Å². The minimum Gasteiger partial charge on any atom is -0.493 e. The quantitative estimate of drug-likeness (QED) is 0.887. The third-order valence-electron chi connectivity index (χ3n) is 3.62. The summed E-state index contributed by atoms with van der Waals surface area (Å²) < 4.78 is 6.79. The van der Waals surface area contributed by atoms with Crippen molar-refractivity contribution in [1.82, 2.24) is 5.32 Å². The van der Waals surface area contributed by atoms with Crippen LogP contribution in [0.15, 0.2) is 40.9 Å². The van der Waals surface area contributed by atoms with Gasteiger partial charge < -0.3 is 10.1 Å². The molecule has 1 N–H and O–H groups in total. The van der Waals surface area contributed by atoms with Crippen LogP contribution in [0.1, 0.15) is 22.7 Å². The Bertz CT molecular complexity index is 644. The number of nitrogens with one attached hydrogen (secondary N) is 1. The van der Waals surface area contributed by atoms with Gasteiger partial charge in [-0.25, -0.2) is 0 Å². The van der Waals surface area contributed by atoms with Crippen LogP contribution in [-0.4, -0.2) is 13.7 Å². The second kappa shape index (κ2) is 5.76. The average molecular weight is 353 g/mol. The van der Waals surface area contributed by atoms with Gasteiger partial charge >= 0.3 is 0 Å². The van der Waals surface area contributed by atoms with Gasteiger partial charge in [0, 0.05) is 21.5 Å². The number of hydrogen-bond donors (Lipinski definition) is 1. The summed E-state index contributed by atoms with van der Waals surface area (Å²) in [4.78, 5) is 0. The predicted molar refractivity (Wildman–Crippen MR) is 85.7 cm³/mol. The molecule has 1 aliphatic rings. The molecule has 1 heterocycles. The molecule has 1 aliphatic heterocycles. The lowest BCUT2D eigenvalue weighted by Gasteiger charge is -2.21. The van der Waals surface area contributed by atoms with E-state index in [0.717, 1.165) is 39.4 Å². The zero-order valence-electron chi connectivity index (χ0n) is 11.1. The maximum Gasteiger partial charge on any atom is 0.127 e. The first kappa shape index (κ1) is 13.9. The summed E-state index contributed by atoms with van der Waals surface area (Å²) in [6.45, 7) is 0.761. The van der Waals surface area contributed by atoms with E-state index >= 15 is 0 Å². The smallest absolute Gasteiger partial charge is 0.127 e. The summed E-state index contributed by atoms with van der Waals surface area (Å²) >= 11 is 9.84. The topological polar surface area (TPSA) is 21.3 Å². The maximum atomic E-state index is 6.39. The summed E-state index contributed by atoms with van der Waals surface area (Å²) in [5.41, 5.74) is 3.48. The molecule has 0 radical (unpaired) electrons. The first-order chi connectivity index (χ1) is 9.70. The summed E-state index contributed by atoms with van der Waals surface area (Å²) in [5, 5.41) is 4.09. The molecular formula is C16H15BrClNO. The third kappa shape index (κ3) is 2.46. The highest BCUT2D eigenvalue weighted by atomic mass is 79.9. The molecule has 0 spiro atoms. The Labute approximate surface area is 132 Å². The number of ether oxygens (including phenoxy) is 1. The van der Waals surface area contributed by atoms with E-state index in [1.165, 1.54) is 5.56 Å². The van der Waals surface area contributed by atoms with E-state index in [-0.39, 0.29) is 6.04 Å². The van der Waals surface area contributed by atoms with Gasteiger partial charge in [-0.2, -0.15) is 0 Å². The lowest BCUT2D eigenvalue weighted by molar-refractivity contribution is 0.351. The molecule has 20 heavy (non-hydrogen) atoms. The second-order valence-electron chi connectivity index (χ2n) is 4.82. The predicted octanol–water partition coefficient (Wildman–Crippen LogP) is 4.35.